The zero-order valence-corrected chi connectivity index (χ0v) is 12.0. The molecule has 0 aliphatic heterocycles. The van der Waals surface area contributed by atoms with Crippen LogP contribution in [0.4, 0.5) is 4.39 Å². The molecule has 2 aromatic rings. The second-order valence-corrected chi connectivity index (χ2v) is 5.37. The third-order valence-corrected chi connectivity index (χ3v) is 3.68. The van der Waals surface area contributed by atoms with Crippen molar-refractivity contribution < 1.29 is 9.50 Å². The second-order valence-electron chi connectivity index (χ2n) is 4.96. The molecular formula is C16H17ClFNO. The Morgan fingerprint density at radius 1 is 1.20 bits per heavy atom. The van der Waals surface area contributed by atoms with Crippen LogP contribution in [0.15, 0.2) is 48.5 Å². The molecular weight excluding hydrogens is 277 g/mol. The van der Waals surface area contributed by atoms with Crippen molar-refractivity contribution in [3.63, 3.8) is 0 Å². The van der Waals surface area contributed by atoms with Gasteiger partial charge in [-0.1, -0.05) is 48.0 Å². The van der Waals surface area contributed by atoms with Crippen LogP contribution >= 0.6 is 11.6 Å². The van der Waals surface area contributed by atoms with Crippen molar-refractivity contribution in [2.45, 2.75) is 19.0 Å². The minimum atomic E-state index is -0.553. The van der Waals surface area contributed by atoms with E-state index >= 15 is 0 Å². The van der Waals surface area contributed by atoms with Crippen molar-refractivity contribution in [3.8, 4) is 0 Å². The summed E-state index contributed by atoms with van der Waals surface area (Å²) in [5.41, 5.74) is 1.31. The Balaban J connectivity index is 2.13. The lowest BCUT2D eigenvalue weighted by Gasteiger charge is -2.29. The van der Waals surface area contributed by atoms with Crippen molar-refractivity contribution in [1.29, 1.82) is 0 Å². The van der Waals surface area contributed by atoms with Gasteiger partial charge in [0.05, 0.1) is 17.2 Å². The first-order chi connectivity index (χ1) is 9.55. The van der Waals surface area contributed by atoms with E-state index in [1.54, 1.807) is 12.1 Å². The molecule has 1 atom stereocenters. The van der Waals surface area contributed by atoms with Crippen molar-refractivity contribution in [3.05, 3.63) is 70.5 Å². The Bertz CT molecular complexity index is 576. The smallest absolute Gasteiger partial charge is 0.141 e. The van der Waals surface area contributed by atoms with Gasteiger partial charge in [0.2, 0.25) is 0 Å². The summed E-state index contributed by atoms with van der Waals surface area (Å²) in [7, 11) is 0. The Morgan fingerprint density at radius 2 is 1.90 bits per heavy atom. The number of hydrogen-bond donors (Lipinski definition) is 2. The molecule has 2 rings (SSSR count). The van der Waals surface area contributed by atoms with Gasteiger partial charge in [0.1, 0.15) is 5.82 Å². The van der Waals surface area contributed by atoms with Gasteiger partial charge in [-0.3, -0.25) is 0 Å². The average Bonchev–Trinajstić information content (AvgIpc) is 2.49. The van der Waals surface area contributed by atoms with E-state index in [9.17, 15) is 9.50 Å². The van der Waals surface area contributed by atoms with Crippen LogP contribution in [0.1, 0.15) is 18.1 Å². The molecule has 1 unspecified atom stereocenters. The molecule has 4 heteroatoms. The average molecular weight is 294 g/mol. The highest BCUT2D eigenvalue weighted by Gasteiger charge is 2.24. The molecule has 2 aromatic carbocycles. The Morgan fingerprint density at radius 3 is 2.50 bits per heavy atom. The predicted molar refractivity (Wildman–Crippen MR) is 79.1 cm³/mol. The van der Waals surface area contributed by atoms with E-state index in [1.165, 1.54) is 6.07 Å². The lowest BCUT2D eigenvalue weighted by molar-refractivity contribution is 0.173. The van der Waals surface area contributed by atoms with E-state index in [2.05, 4.69) is 5.32 Å². The molecule has 0 fully saturated rings. The highest BCUT2D eigenvalue weighted by Crippen LogP contribution is 2.21. The molecule has 0 saturated carbocycles. The third-order valence-electron chi connectivity index (χ3n) is 3.39. The fraction of sp³-hybridized carbons (Fsp3) is 0.250. The summed E-state index contributed by atoms with van der Waals surface area (Å²) in [6, 6.07) is 14.3. The Kier molecular flexibility index (Phi) is 4.76. The number of aliphatic hydroxyl groups excluding tert-OH is 1. The summed E-state index contributed by atoms with van der Waals surface area (Å²) in [6.07, 6.45) is 0. The molecule has 0 spiro atoms. The molecule has 0 aliphatic carbocycles. The zero-order chi connectivity index (χ0) is 14.6. The van der Waals surface area contributed by atoms with Gasteiger partial charge in [0.25, 0.3) is 0 Å². The standard InChI is InChI=1S/C16H17ClFNO/c1-16(11-20,13-5-3-2-4-6-13)19-10-12-7-8-15(18)14(17)9-12/h2-9,19-20H,10-11H2,1H3. The van der Waals surface area contributed by atoms with Gasteiger partial charge in [0, 0.05) is 6.54 Å². The van der Waals surface area contributed by atoms with Crippen molar-refractivity contribution in [2.24, 2.45) is 0 Å². The molecule has 0 aromatic heterocycles. The maximum atomic E-state index is 13.1. The highest BCUT2D eigenvalue weighted by atomic mass is 35.5. The number of halogens is 2. The number of hydrogen-bond acceptors (Lipinski definition) is 2. The molecule has 0 saturated heterocycles. The van der Waals surface area contributed by atoms with Crippen LogP contribution in [-0.2, 0) is 12.1 Å². The van der Waals surface area contributed by atoms with Crippen LogP contribution < -0.4 is 5.32 Å². The van der Waals surface area contributed by atoms with Crippen LogP contribution in [0, 0.1) is 5.82 Å². The van der Waals surface area contributed by atoms with Gasteiger partial charge in [-0.25, -0.2) is 4.39 Å². The maximum absolute atomic E-state index is 13.1. The SMILES string of the molecule is CC(CO)(NCc1ccc(F)c(Cl)c1)c1ccccc1. The quantitative estimate of drug-likeness (QED) is 0.885. The summed E-state index contributed by atoms with van der Waals surface area (Å²) in [6.45, 7) is 2.38. The highest BCUT2D eigenvalue weighted by molar-refractivity contribution is 6.30. The van der Waals surface area contributed by atoms with Crippen molar-refractivity contribution >= 4 is 11.6 Å². The van der Waals surface area contributed by atoms with Crippen molar-refractivity contribution in [2.75, 3.05) is 6.61 Å². The first kappa shape index (κ1) is 15.0. The summed E-state index contributed by atoms with van der Waals surface area (Å²) in [5.74, 6) is -0.427. The molecule has 20 heavy (non-hydrogen) atoms. The predicted octanol–water partition coefficient (Wildman–Crippen LogP) is 3.48. The fourth-order valence-electron chi connectivity index (χ4n) is 2.00. The monoisotopic (exact) mass is 293 g/mol. The van der Waals surface area contributed by atoms with Gasteiger partial charge in [0.15, 0.2) is 0 Å². The summed E-state index contributed by atoms with van der Waals surface area (Å²) < 4.78 is 13.1. The lowest BCUT2D eigenvalue weighted by Crippen LogP contribution is -2.42. The van der Waals surface area contributed by atoms with Crippen LogP contribution in [0.25, 0.3) is 0 Å². The Hall–Kier alpha value is -1.42. The van der Waals surface area contributed by atoms with E-state index < -0.39 is 11.4 Å². The van der Waals surface area contributed by atoms with E-state index in [1.807, 2.05) is 37.3 Å². The van der Waals surface area contributed by atoms with Gasteiger partial charge in [-0.2, -0.15) is 0 Å². The number of aliphatic hydroxyl groups is 1. The van der Waals surface area contributed by atoms with Crippen LogP contribution in [0.5, 0.6) is 0 Å². The van der Waals surface area contributed by atoms with Gasteiger partial charge in [-0.05, 0) is 30.2 Å². The third kappa shape index (κ3) is 3.37. The molecule has 2 nitrogen and oxygen atoms in total. The molecule has 0 heterocycles. The molecule has 0 aliphatic rings. The minimum absolute atomic E-state index is 0.0358. The number of nitrogens with one attached hydrogen (secondary N) is 1. The van der Waals surface area contributed by atoms with Crippen LogP contribution in [0.2, 0.25) is 5.02 Å². The first-order valence-corrected chi connectivity index (χ1v) is 6.78. The second kappa shape index (κ2) is 6.35. The summed E-state index contributed by atoms with van der Waals surface area (Å²) in [5, 5.41) is 13.1. The fourth-order valence-corrected chi connectivity index (χ4v) is 2.21. The van der Waals surface area contributed by atoms with Crippen LogP contribution in [-0.4, -0.2) is 11.7 Å². The van der Waals surface area contributed by atoms with Crippen molar-refractivity contribution in [1.82, 2.24) is 5.32 Å². The zero-order valence-electron chi connectivity index (χ0n) is 11.2. The molecule has 2 N–H and O–H groups in total. The minimum Gasteiger partial charge on any atom is -0.394 e. The molecule has 106 valence electrons. The van der Waals surface area contributed by atoms with E-state index in [0.717, 1.165) is 11.1 Å². The lowest BCUT2D eigenvalue weighted by atomic mass is 9.92. The van der Waals surface area contributed by atoms with Gasteiger partial charge >= 0.3 is 0 Å². The summed E-state index contributed by atoms with van der Waals surface area (Å²) in [4.78, 5) is 0. The normalized spacial score (nSPS) is 14.0. The van der Waals surface area contributed by atoms with Gasteiger partial charge < -0.3 is 10.4 Å². The Labute approximate surface area is 123 Å². The van der Waals surface area contributed by atoms with E-state index in [0.29, 0.717) is 6.54 Å². The van der Waals surface area contributed by atoms with E-state index in [-0.39, 0.29) is 11.6 Å². The van der Waals surface area contributed by atoms with Gasteiger partial charge in [-0.15, -0.1) is 0 Å². The topological polar surface area (TPSA) is 32.3 Å². The number of benzene rings is 2. The number of rotatable bonds is 5. The van der Waals surface area contributed by atoms with Crippen LogP contribution in [0.3, 0.4) is 0 Å². The largest absolute Gasteiger partial charge is 0.394 e. The maximum Gasteiger partial charge on any atom is 0.141 e. The molecule has 0 amide bonds. The van der Waals surface area contributed by atoms with E-state index in [4.69, 9.17) is 11.6 Å². The summed E-state index contributed by atoms with van der Waals surface area (Å²) >= 11 is 5.76. The first-order valence-electron chi connectivity index (χ1n) is 6.40. The molecule has 0 radical (unpaired) electrons. The molecule has 0 bridgehead atoms.